The van der Waals surface area contributed by atoms with Gasteiger partial charge >= 0.3 is 0 Å². The average Bonchev–Trinajstić information content (AvgIpc) is 2.72. The van der Waals surface area contributed by atoms with Gasteiger partial charge in [0.15, 0.2) is 11.5 Å². The molecule has 0 radical (unpaired) electrons. The van der Waals surface area contributed by atoms with E-state index in [0.717, 1.165) is 23.5 Å². The zero-order valence-corrected chi connectivity index (χ0v) is 13.5. The molecule has 0 saturated carbocycles. The molecule has 0 fully saturated rings. The van der Waals surface area contributed by atoms with Crippen LogP contribution in [0.3, 0.4) is 0 Å². The van der Waals surface area contributed by atoms with E-state index in [0.29, 0.717) is 13.1 Å². The zero-order valence-electron chi connectivity index (χ0n) is 9.52. The summed E-state index contributed by atoms with van der Waals surface area (Å²) < 4.78 is 15.0. The maximum absolute atomic E-state index is 13.6. The van der Waals surface area contributed by atoms with Crippen molar-refractivity contribution in [2.45, 2.75) is 0 Å². The molecule has 0 bridgehead atoms. The molecule has 0 aliphatic carbocycles. The number of nitro groups is 1. The molecule has 0 atom stereocenters. The van der Waals surface area contributed by atoms with Crippen LogP contribution in [0.1, 0.15) is 9.67 Å². The fraction of sp³-hybridized carbons (Fsp3) is 0. The largest absolute Gasteiger partial charge is 0.313 e. The van der Waals surface area contributed by atoms with E-state index < -0.39 is 28.0 Å². The highest BCUT2D eigenvalue weighted by molar-refractivity contribution is 9.13. The normalized spacial score (nSPS) is 10.3. The summed E-state index contributed by atoms with van der Waals surface area (Å²) in [6.45, 7) is 0. The van der Waals surface area contributed by atoms with Crippen molar-refractivity contribution in [3.8, 4) is 0 Å². The molecule has 9 heteroatoms. The number of halogens is 3. The van der Waals surface area contributed by atoms with Gasteiger partial charge in [0.05, 0.1) is 13.6 Å². The van der Waals surface area contributed by atoms with E-state index >= 15 is 0 Å². The Balaban J connectivity index is 2.35. The minimum Gasteiger partial charge on any atom is -0.313 e. The predicted octanol–water partition coefficient (Wildman–Crippen LogP) is 4.57. The number of benzene rings is 1. The van der Waals surface area contributed by atoms with E-state index in [1.54, 1.807) is 0 Å². The number of anilines is 1. The van der Waals surface area contributed by atoms with Crippen molar-refractivity contribution < 1.29 is 14.1 Å². The van der Waals surface area contributed by atoms with Crippen molar-refractivity contribution in [1.82, 2.24) is 0 Å². The van der Waals surface area contributed by atoms with Crippen LogP contribution in [0.15, 0.2) is 32.5 Å². The number of carbonyl (C=O) groups is 1. The SMILES string of the molecule is O=C(Nc1c(F)cccc1[N+](=O)[O-])c1cc(Br)c(Br)s1. The first kappa shape index (κ1) is 15.1. The van der Waals surface area contributed by atoms with Gasteiger partial charge in [-0.2, -0.15) is 0 Å². The van der Waals surface area contributed by atoms with Crippen LogP contribution in [0.5, 0.6) is 0 Å². The molecule has 1 amide bonds. The monoisotopic (exact) mass is 422 g/mol. The van der Waals surface area contributed by atoms with Crippen molar-refractivity contribution in [2.24, 2.45) is 0 Å². The predicted molar refractivity (Wildman–Crippen MR) is 80.7 cm³/mol. The number of nitrogens with zero attached hydrogens (tertiary/aromatic N) is 1. The van der Waals surface area contributed by atoms with E-state index in [9.17, 15) is 19.3 Å². The number of nitrogens with one attached hydrogen (secondary N) is 1. The minimum absolute atomic E-state index is 0.293. The highest BCUT2D eigenvalue weighted by Gasteiger charge is 2.21. The molecule has 104 valence electrons. The number of carbonyl (C=O) groups excluding carboxylic acids is 1. The molecule has 2 rings (SSSR count). The van der Waals surface area contributed by atoms with E-state index in [2.05, 4.69) is 37.2 Å². The fourth-order valence-corrected chi connectivity index (χ4v) is 3.35. The third-order valence-corrected chi connectivity index (χ3v) is 5.55. The first-order valence-electron chi connectivity index (χ1n) is 5.09. The Hall–Kier alpha value is -1.32. The van der Waals surface area contributed by atoms with Crippen LogP contribution in [-0.4, -0.2) is 10.8 Å². The zero-order chi connectivity index (χ0) is 14.9. The summed E-state index contributed by atoms with van der Waals surface area (Å²) in [6.07, 6.45) is 0. The highest BCUT2D eigenvalue weighted by Crippen LogP contribution is 2.34. The van der Waals surface area contributed by atoms with Gasteiger partial charge in [0.2, 0.25) is 0 Å². The van der Waals surface area contributed by atoms with Crippen LogP contribution in [0, 0.1) is 15.9 Å². The number of thiophene rings is 1. The smallest absolute Gasteiger partial charge is 0.295 e. The molecular weight excluding hydrogens is 419 g/mol. The Kier molecular flexibility index (Phi) is 4.51. The first-order chi connectivity index (χ1) is 9.40. The molecule has 20 heavy (non-hydrogen) atoms. The Labute approximate surface area is 133 Å². The molecule has 0 unspecified atom stereocenters. The summed E-state index contributed by atoms with van der Waals surface area (Å²) in [5.74, 6) is -1.48. The van der Waals surface area contributed by atoms with Crippen LogP contribution in [-0.2, 0) is 0 Å². The topological polar surface area (TPSA) is 72.2 Å². The number of nitro benzene ring substituents is 1. The summed E-state index contributed by atoms with van der Waals surface area (Å²) >= 11 is 7.58. The third kappa shape index (κ3) is 3.05. The molecule has 2 aromatic rings. The molecule has 0 spiro atoms. The minimum atomic E-state index is -0.859. The van der Waals surface area contributed by atoms with Gasteiger partial charge in [-0.25, -0.2) is 4.39 Å². The number of hydrogen-bond donors (Lipinski definition) is 1. The number of hydrogen-bond acceptors (Lipinski definition) is 4. The van der Waals surface area contributed by atoms with Crippen molar-refractivity contribution in [1.29, 1.82) is 0 Å². The summed E-state index contributed by atoms with van der Waals surface area (Å²) in [7, 11) is 0. The summed E-state index contributed by atoms with van der Waals surface area (Å²) in [6, 6.07) is 4.92. The van der Waals surface area contributed by atoms with Crippen molar-refractivity contribution in [3.05, 3.63) is 53.3 Å². The molecule has 1 N–H and O–H groups in total. The number of amides is 1. The molecule has 1 aromatic heterocycles. The van der Waals surface area contributed by atoms with E-state index in [4.69, 9.17) is 0 Å². The molecule has 1 heterocycles. The van der Waals surface area contributed by atoms with Gasteiger partial charge in [0.25, 0.3) is 11.6 Å². The molecule has 0 saturated heterocycles. The van der Waals surface area contributed by atoms with Gasteiger partial charge in [0.1, 0.15) is 0 Å². The lowest BCUT2D eigenvalue weighted by atomic mass is 10.2. The molecule has 5 nitrogen and oxygen atoms in total. The van der Waals surface area contributed by atoms with E-state index in [1.807, 2.05) is 0 Å². The van der Waals surface area contributed by atoms with E-state index in [-0.39, 0.29) is 0 Å². The first-order valence-corrected chi connectivity index (χ1v) is 7.49. The molecule has 1 aromatic carbocycles. The molecule has 0 aliphatic heterocycles. The standard InChI is InChI=1S/C11H5Br2FN2O3S/c12-5-4-8(20-10(5)13)11(17)15-9-6(14)2-1-3-7(9)16(18)19/h1-4H,(H,15,17). The van der Waals surface area contributed by atoms with Crippen molar-refractivity contribution in [3.63, 3.8) is 0 Å². The Morgan fingerprint density at radius 2 is 2.10 bits per heavy atom. The van der Waals surface area contributed by atoms with Crippen molar-refractivity contribution >= 4 is 60.5 Å². The van der Waals surface area contributed by atoms with Gasteiger partial charge in [-0.3, -0.25) is 14.9 Å². The number of rotatable bonds is 3. The van der Waals surface area contributed by atoms with Gasteiger partial charge in [0, 0.05) is 10.5 Å². The van der Waals surface area contributed by atoms with Gasteiger partial charge in [-0.15, -0.1) is 11.3 Å². The second-order valence-corrected chi connectivity index (χ2v) is 6.80. The fourth-order valence-electron chi connectivity index (χ4n) is 1.42. The summed E-state index contributed by atoms with van der Waals surface area (Å²) in [4.78, 5) is 22.3. The number of para-hydroxylation sites is 1. The quantitative estimate of drug-likeness (QED) is 0.580. The molecule has 0 aliphatic rings. The van der Waals surface area contributed by atoms with Crippen molar-refractivity contribution in [2.75, 3.05) is 5.32 Å². The van der Waals surface area contributed by atoms with Gasteiger partial charge in [-0.05, 0) is 44.0 Å². The average molecular weight is 424 g/mol. The maximum atomic E-state index is 13.6. The lowest BCUT2D eigenvalue weighted by molar-refractivity contribution is -0.384. The third-order valence-electron chi connectivity index (χ3n) is 2.30. The van der Waals surface area contributed by atoms with Gasteiger partial charge in [-0.1, -0.05) is 6.07 Å². The summed E-state index contributed by atoms with van der Waals surface area (Å²) in [5.41, 5.74) is -0.934. The van der Waals surface area contributed by atoms with Crippen LogP contribution in [0.4, 0.5) is 15.8 Å². The maximum Gasteiger partial charge on any atom is 0.295 e. The highest BCUT2D eigenvalue weighted by atomic mass is 79.9. The van der Waals surface area contributed by atoms with E-state index in [1.165, 1.54) is 12.1 Å². The van der Waals surface area contributed by atoms with Crippen LogP contribution >= 0.6 is 43.2 Å². The van der Waals surface area contributed by atoms with Crippen LogP contribution in [0.2, 0.25) is 0 Å². The second-order valence-electron chi connectivity index (χ2n) is 3.58. The second kappa shape index (κ2) is 5.98. The Morgan fingerprint density at radius 3 is 2.65 bits per heavy atom. The summed E-state index contributed by atoms with van der Waals surface area (Å²) in [5, 5.41) is 13.1. The Morgan fingerprint density at radius 1 is 1.40 bits per heavy atom. The van der Waals surface area contributed by atoms with Gasteiger partial charge < -0.3 is 5.32 Å². The van der Waals surface area contributed by atoms with Crippen LogP contribution < -0.4 is 5.32 Å². The Bertz CT molecular complexity index is 685. The molecular formula is C11H5Br2FN2O3S. The lowest BCUT2D eigenvalue weighted by Crippen LogP contribution is -2.13. The van der Waals surface area contributed by atoms with Crippen LogP contribution in [0.25, 0.3) is 0 Å². The lowest BCUT2D eigenvalue weighted by Gasteiger charge is -2.05.